The first-order valence-electron chi connectivity index (χ1n) is 12.1. The van der Waals surface area contributed by atoms with Crippen molar-refractivity contribution >= 4 is 23.7 Å². The maximum Gasteiger partial charge on any atom is 0.333 e. The minimum Gasteiger partial charge on any atom is -0.455 e. The van der Waals surface area contributed by atoms with Crippen molar-refractivity contribution in [3.05, 3.63) is 35.5 Å². The van der Waals surface area contributed by atoms with Gasteiger partial charge in [0.05, 0.1) is 17.6 Å². The van der Waals surface area contributed by atoms with Crippen LogP contribution in [0.25, 0.3) is 0 Å². The number of hydrogen-bond donors (Lipinski definition) is 0. The van der Waals surface area contributed by atoms with E-state index in [1.54, 1.807) is 46.8 Å². The molecule has 0 N–H and O–H groups in total. The lowest BCUT2D eigenvalue weighted by molar-refractivity contribution is -0.168. The van der Waals surface area contributed by atoms with Crippen molar-refractivity contribution in [1.82, 2.24) is 0 Å². The smallest absolute Gasteiger partial charge is 0.333 e. The maximum absolute atomic E-state index is 13.4. The Morgan fingerprint density at radius 1 is 1.00 bits per heavy atom. The third-order valence-electron chi connectivity index (χ3n) is 7.31. The minimum absolute atomic E-state index is 0.224. The zero-order chi connectivity index (χ0) is 27.2. The van der Waals surface area contributed by atoms with E-state index in [0.29, 0.717) is 11.1 Å². The molecule has 198 valence electrons. The van der Waals surface area contributed by atoms with Gasteiger partial charge in [0.25, 0.3) is 0 Å². The van der Waals surface area contributed by atoms with Crippen LogP contribution in [0.3, 0.4) is 0 Å². The van der Waals surface area contributed by atoms with E-state index >= 15 is 0 Å². The van der Waals surface area contributed by atoms with E-state index < -0.39 is 65.2 Å². The molecule has 9 heteroatoms. The Kier molecular flexibility index (Phi) is 7.67. The molecule has 0 amide bonds. The highest BCUT2D eigenvalue weighted by Gasteiger charge is 2.72. The van der Waals surface area contributed by atoms with Crippen molar-refractivity contribution in [2.45, 2.75) is 104 Å². The Morgan fingerprint density at radius 2 is 1.56 bits per heavy atom. The summed E-state index contributed by atoms with van der Waals surface area (Å²) in [5, 5.41) is 0. The van der Waals surface area contributed by atoms with Gasteiger partial charge < -0.3 is 23.7 Å². The van der Waals surface area contributed by atoms with Crippen LogP contribution in [-0.4, -0.2) is 65.4 Å². The fourth-order valence-electron chi connectivity index (χ4n) is 4.48. The quantitative estimate of drug-likeness (QED) is 0.153. The summed E-state index contributed by atoms with van der Waals surface area (Å²) in [7, 11) is 0. The second-order valence-electron chi connectivity index (χ2n) is 10.3. The summed E-state index contributed by atoms with van der Waals surface area (Å²) in [6, 6.07) is 0. The van der Waals surface area contributed by atoms with Crippen LogP contribution in [0.2, 0.25) is 0 Å². The van der Waals surface area contributed by atoms with E-state index in [-0.39, 0.29) is 18.1 Å². The Hall–Kier alpha value is -2.78. The lowest BCUT2D eigenvalue weighted by Gasteiger charge is -2.38. The van der Waals surface area contributed by atoms with Crippen molar-refractivity contribution in [2.24, 2.45) is 5.92 Å². The summed E-state index contributed by atoms with van der Waals surface area (Å²) in [6.07, 6.45) is -0.713. The summed E-state index contributed by atoms with van der Waals surface area (Å²) in [6.45, 7) is 17.4. The van der Waals surface area contributed by atoms with E-state index in [4.69, 9.17) is 23.7 Å². The molecule has 2 aliphatic heterocycles. The van der Waals surface area contributed by atoms with Crippen LogP contribution in [0.4, 0.5) is 0 Å². The fraction of sp³-hybridized carbons (Fsp3) is 0.630. The predicted octanol–water partition coefficient (Wildman–Crippen LogP) is 3.15. The van der Waals surface area contributed by atoms with Crippen molar-refractivity contribution in [2.75, 3.05) is 0 Å². The standard InChI is InChI=1S/C27H36O9/c1-10-13(3)24(30)33-17(12-18-26(7,8)35-18)15(5)19-20(32-16(6)28)22(29)27(9)23(36-27)21(19)34-25(31)14(4)11-2/h10-11,17-21,23H,5,12H2,1-4,6-9H3/b13-10-,14-11-/t17?,18?,19-,20-,21-,23-,27+/m0/s1. The van der Waals surface area contributed by atoms with Gasteiger partial charge in [-0.05, 0) is 54.0 Å². The van der Waals surface area contributed by atoms with Crippen LogP contribution in [0.1, 0.15) is 61.8 Å². The van der Waals surface area contributed by atoms with Crippen LogP contribution in [0, 0.1) is 5.92 Å². The van der Waals surface area contributed by atoms with Crippen LogP contribution in [0.15, 0.2) is 35.5 Å². The van der Waals surface area contributed by atoms with Crippen molar-refractivity contribution < 1.29 is 42.9 Å². The van der Waals surface area contributed by atoms with Gasteiger partial charge in [-0.3, -0.25) is 9.59 Å². The molecule has 3 fully saturated rings. The molecule has 36 heavy (non-hydrogen) atoms. The van der Waals surface area contributed by atoms with Gasteiger partial charge in [-0.1, -0.05) is 18.7 Å². The SMILES string of the molecule is C=C(C(CC1OC1(C)C)OC(=O)/C(C)=C\C)[C@@H]1[C@H](OC(=O)/C(C)=C\C)[C@@H]2O[C@]2(C)C(=O)[C@H]1OC(C)=O. The molecule has 0 spiro atoms. The first kappa shape index (κ1) is 27.8. The molecule has 3 rings (SSSR count). The fourth-order valence-corrected chi connectivity index (χ4v) is 4.48. The highest BCUT2D eigenvalue weighted by Crippen LogP contribution is 2.52. The Balaban J connectivity index is 2.01. The van der Waals surface area contributed by atoms with Crippen molar-refractivity contribution in [1.29, 1.82) is 0 Å². The molecule has 1 aliphatic carbocycles. The Morgan fingerprint density at radius 3 is 2.06 bits per heavy atom. The number of esters is 3. The van der Waals surface area contributed by atoms with E-state index in [9.17, 15) is 19.2 Å². The number of ether oxygens (including phenoxy) is 5. The predicted molar refractivity (Wildman–Crippen MR) is 129 cm³/mol. The molecule has 2 unspecified atom stereocenters. The van der Waals surface area contributed by atoms with Gasteiger partial charge in [0, 0.05) is 24.5 Å². The Bertz CT molecular complexity index is 1040. The van der Waals surface area contributed by atoms with Gasteiger partial charge in [0.15, 0.2) is 11.7 Å². The Labute approximate surface area is 211 Å². The molecule has 7 atom stereocenters. The lowest BCUT2D eigenvalue weighted by atomic mass is 9.72. The molecule has 2 heterocycles. The topological polar surface area (TPSA) is 121 Å². The normalized spacial score (nSPS) is 33.7. The van der Waals surface area contributed by atoms with E-state index in [0.717, 1.165) is 0 Å². The monoisotopic (exact) mass is 504 g/mol. The molecule has 0 bridgehead atoms. The average Bonchev–Trinajstić information content (AvgIpc) is 3.68. The number of fused-ring (bicyclic) bond motifs is 1. The molecule has 0 aromatic carbocycles. The van der Waals surface area contributed by atoms with Gasteiger partial charge in [0.1, 0.15) is 18.3 Å². The highest BCUT2D eigenvalue weighted by atomic mass is 16.7. The number of ketones is 1. The molecule has 9 nitrogen and oxygen atoms in total. The molecule has 3 aliphatic rings. The average molecular weight is 505 g/mol. The number of hydrogen-bond acceptors (Lipinski definition) is 9. The third-order valence-corrected chi connectivity index (χ3v) is 7.31. The van der Waals surface area contributed by atoms with Gasteiger partial charge in [-0.15, -0.1) is 0 Å². The first-order chi connectivity index (χ1) is 16.7. The molecule has 2 saturated heterocycles. The van der Waals surface area contributed by atoms with Gasteiger partial charge >= 0.3 is 17.9 Å². The number of allylic oxidation sites excluding steroid dienone is 2. The van der Waals surface area contributed by atoms with E-state index in [1.807, 2.05) is 13.8 Å². The summed E-state index contributed by atoms with van der Waals surface area (Å²) in [4.78, 5) is 50.9. The highest BCUT2D eigenvalue weighted by molar-refractivity contribution is 5.97. The van der Waals surface area contributed by atoms with Crippen LogP contribution in [0.5, 0.6) is 0 Å². The third kappa shape index (κ3) is 5.32. The van der Waals surface area contributed by atoms with Crippen molar-refractivity contribution in [3.8, 4) is 0 Å². The summed E-state index contributed by atoms with van der Waals surface area (Å²) >= 11 is 0. The molecular weight excluding hydrogens is 468 g/mol. The number of epoxide rings is 2. The van der Waals surface area contributed by atoms with Gasteiger partial charge in [-0.2, -0.15) is 0 Å². The lowest BCUT2D eigenvalue weighted by Crippen LogP contribution is -2.56. The number of carbonyl (C=O) groups excluding carboxylic acids is 4. The second-order valence-corrected chi connectivity index (χ2v) is 10.3. The molecule has 0 aromatic rings. The van der Waals surface area contributed by atoms with Crippen LogP contribution in [-0.2, 0) is 42.9 Å². The molecule has 0 radical (unpaired) electrons. The largest absolute Gasteiger partial charge is 0.455 e. The maximum atomic E-state index is 13.4. The molecular formula is C27H36O9. The minimum atomic E-state index is -1.33. The van der Waals surface area contributed by atoms with Crippen molar-refractivity contribution in [3.63, 3.8) is 0 Å². The zero-order valence-electron chi connectivity index (χ0n) is 22.2. The number of rotatable bonds is 9. The zero-order valence-corrected chi connectivity index (χ0v) is 22.2. The summed E-state index contributed by atoms with van der Waals surface area (Å²) < 4.78 is 28.5. The van der Waals surface area contributed by atoms with E-state index in [2.05, 4.69) is 6.58 Å². The van der Waals surface area contributed by atoms with Gasteiger partial charge in [-0.25, -0.2) is 9.59 Å². The van der Waals surface area contributed by atoms with Crippen LogP contribution < -0.4 is 0 Å². The van der Waals surface area contributed by atoms with E-state index in [1.165, 1.54) is 6.92 Å². The van der Waals surface area contributed by atoms with Gasteiger partial charge in [0.2, 0.25) is 5.78 Å². The number of carbonyl (C=O) groups is 4. The second kappa shape index (κ2) is 9.94. The summed E-state index contributed by atoms with van der Waals surface area (Å²) in [5.41, 5.74) is -0.634. The summed E-state index contributed by atoms with van der Waals surface area (Å²) in [5.74, 6) is -3.30. The number of Topliss-reactive ketones (excluding diaryl/α,β-unsaturated/α-hetero) is 1. The first-order valence-corrected chi connectivity index (χ1v) is 12.1. The van der Waals surface area contributed by atoms with Crippen LogP contribution >= 0.6 is 0 Å². The molecule has 0 aromatic heterocycles. The molecule has 1 saturated carbocycles.